The molecule has 0 radical (unpaired) electrons. The van der Waals surface area contributed by atoms with Gasteiger partial charge in [0.1, 0.15) is 0 Å². The number of thiophene rings is 1. The molecule has 0 fully saturated rings. The van der Waals surface area contributed by atoms with Crippen LogP contribution in [0.2, 0.25) is 0 Å². The van der Waals surface area contributed by atoms with Crippen molar-refractivity contribution in [3.63, 3.8) is 0 Å². The molecule has 1 heterocycles. The maximum Gasteiger partial charge on any atom is 0.314 e. The highest BCUT2D eigenvalue weighted by Crippen LogP contribution is 2.27. The molecule has 0 saturated carbocycles. The minimum atomic E-state index is -0.100. The number of esters is 1. The van der Waals surface area contributed by atoms with Crippen molar-refractivity contribution in [3.8, 4) is 0 Å². The summed E-state index contributed by atoms with van der Waals surface area (Å²) < 4.78 is 5.03. The average molecular weight is 212 g/mol. The summed E-state index contributed by atoms with van der Waals surface area (Å²) in [5.41, 5.74) is 0. The minimum Gasteiger partial charge on any atom is -0.465 e. The smallest absolute Gasteiger partial charge is 0.314 e. The van der Waals surface area contributed by atoms with Gasteiger partial charge in [-0.3, -0.25) is 4.79 Å². The SMILES string of the molecule is CCOC(=O)C(CC)c1ccc(C)s1. The lowest BCUT2D eigenvalue weighted by molar-refractivity contribution is -0.144. The molecule has 1 rings (SSSR count). The van der Waals surface area contributed by atoms with Crippen LogP contribution in [-0.4, -0.2) is 12.6 Å². The predicted octanol–water partition coefficient (Wildman–Crippen LogP) is 3.11. The molecule has 78 valence electrons. The van der Waals surface area contributed by atoms with Crippen LogP contribution in [0.15, 0.2) is 12.1 Å². The maximum atomic E-state index is 11.6. The first-order chi connectivity index (χ1) is 6.69. The lowest BCUT2D eigenvalue weighted by Gasteiger charge is -2.11. The van der Waals surface area contributed by atoms with Gasteiger partial charge in [-0.15, -0.1) is 11.3 Å². The van der Waals surface area contributed by atoms with Crippen molar-refractivity contribution in [2.24, 2.45) is 0 Å². The molecular weight excluding hydrogens is 196 g/mol. The number of hydrogen-bond donors (Lipinski definition) is 0. The molecule has 0 aliphatic carbocycles. The van der Waals surface area contributed by atoms with Crippen molar-refractivity contribution in [2.75, 3.05) is 6.61 Å². The molecule has 0 spiro atoms. The van der Waals surface area contributed by atoms with Crippen LogP contribution in [-0.2, 0) is 9.53 Å². The van der Waals surface area contributed by atoms with Crippen molar-refractivity contribution in [1.29, 1.82) is 0 Å². The zero-order valence-electron chi connectivity index (χ0n) is 8.87. The van der Waals surface area contributed by atoms with Crippen molar-refractivity contribution < 1.29 is 9.53 Å². The van der Waals surface area contributed by atoms with Gasteiger partial charge in [0.2, 0.25) is 0 Å². The number of ether oxygens (including phenoxy) is 1. The molecule has 1 unspecified atom stereocenters. The standard InChI is InChI=1S/C11H16O2S/c1-4-9(11(12)13-5-2)10-7-6-8(3)14-10/h6-7,9H,4-5H2,1-3H3. The second kappa shape index (κ2) is 5.15. The van der Waals surface area contributed by atoms with Gasteiger partial charge in [-0.1, -0.05) is 6.92 Å². The monoisotopic (exact) mass is 212 g/mol. The van der Waals surface area contributed by atoms with Crippen LogP contribution in [0, 0.1) is 6.92 Å². The summed E-state index contributed by atoms with van der Waals surface area (Å²) in [6.45, 7) is 6.35. The number of hydrogen-bond acceptors (Lipinski definition) is 3. The fourth-order valence-electron chi connectivity index (χ4n) is 1.37. The first-order valence-electron chi connectivity index (χ1n) is 4.92. The highest BCUT2D eigenvalue weighted by molar-refractivity contribution is 7.12. The quantitative estimate of drug-likeness (QED) is 0.717. The molecule has 0 aliphatic rings. The third-order valence-electron chi connectivity index (χ3n) is 2.08. The van der Waals surface area contributed by atoms with E-state index >= 15 is 0 Å². The van der Waals surface area contributed by atoms with E-state index in [9.17, 15) is 4.79 Å². The Bertz CT molecular complexity index is 304. The van der Waals surface area contributed by atoms with E-state index in [-0.39, 0.29) is 11.9 Å². The normalized spacial score (nSPS) is 12.5. The van der Waals surface area contributed by atoms with Crippen molar-refractivity contribution >= 4 is 17.3 Å². The van der Waals surface area contributed by atoms with E-state index in [1.807, 2.05) is 32.9 Å². The van der Waals surface area contributed by atoms with Gasteiger partial charge in [0.05, 0.1) is 12.5 Å². The fraction of sp³-hybridized carbons (Fsp3) is 0.545. The molecule has 3 heteroatoms. The molecule has 1 atom stereocenters. The van der Waals surface area contributed by atoms with E-state index in [4.69, 9.17) is 4.74 Å². The third-order valence-corrected chi connectivity index (χ3v) is 3.20. The molecule has 2 nitrogen and oxygen atoms in total. The number of rotatable bonds is 4. The van der Waals surface area contributed by atoms with E-state index in [1.165, 1.54) is 4.88 Å². The number of carbonyl (C=O) groups is 1. The Hall–Kier alpha value is -0.830. The molecular formula is C11H16O2S. The Balaban J connectivity index is 2.76. The summed E-state index contributed by atoms with van der Waals surface area (Å²) >= 11 is 1.67. The zero-order valence-corrected chi connectivity index (χ0v) is 9.69. The second-order valence-electron chi connectivity index (χ2n) is 3.16. The molecule has 0 saturated heterocycles. The van der Waals surface area contributed by atoms with Gasteiger partial charge in [-0.05, 0) is 32.4 Å². The van der Waals surface area contributed by atoms with Gasteiger partial charge in [0, 0.05) is 9.75 Å². The van der Waals surface area contributed by atoms with Crippen LogP contribution in [0.5, 0.6) is 0 Å². The summed E-state index contributed by atoms with van der Waals surface area (Å²) in [6.07, 6.45) is 0.804. The summed E-state index contributed by atoms with van der Waals surface area (Å²) in [5.74, 6) is -0.175. The summed E-state index contributed by atoms with van der Waals surface area (Å²) in [4.78, 5) is 13.9. The molecule has 0 aromatic carbocycles. The number of aryl methyl sites for hydroxylation is 1. The van der Waals surface area contributed by atoms with E-state index in [2.05, 4.69) is 0 Å². The lowest BCUT2D eigenvalue weighted by Crippen LogP contribution is -2.14. The van der Waals surface area contributed by atoms with Gasteiger partial charge < -0.3 is 4.74 Å². The van der Waals surface area contributed by atoms with Crippen molar-refractivity contribution in [3.05, 3.63) is 21.9 Å². The Labute approximate surface area is 88.9 Å². The van der Waals surface area contributed by atoms with Gasteiger partial charge in [0.15, 0.2) is 0 Å². The molecule has 1 aromatic heterocycles. The molecule has 1 aromatic rings. The van der Waals surface area contributed by atoms with Crippen molar-refractivity contribution in [1.82, 2.24) is 0 Å². The highest BCUT2D eigenvalue weighted by Gasteiger charge is 2.20. The highest BCUT2D eigenvalue weighted by atomic mass is 32.1. The summed E-state index contributed by atoms with van der Waals surface area (Å²) in [5, 5.41) is 0. The van der Waals surface area contributed by atoms with E-state index in [1.54, 1.807) is 11.3 Å². The number of carbonyl (C=O) groups excluding carboxylic acids is 1. The first kappa shape index (κ1) is 11.2. The largest absolute Gasteiger partial charge is 0.465 e. The Morgan fingerprint density at radius 2 is 2.21 bits per heavy atom. The van der Waals surface area contributed by atoms with E-state index in [0.717, 1.165) is 11.3 Å². The Morgan fingerprint density at radius 3 is 2.64 bits per heavy atom. The molecule has 0 aliphatic heterocycles. The zero-order chi connectivity index (χ0) is 10.6. The topological polar surface area (TPSA) is 26.3 Å². The van der Waals surface area contributed by atoms with Gasteiger partial charge >= 0.3 is 5.97 Å². The maximum absolute atomic E-state index is 11.6. The van der Waals surface area contributed by atoms with E-state index in [0.29, 0.717) is 6.61 Å². The lowest BCUT2D eigenvalue weighted by atomic mass is 10.1. The van der Waals surface area contributed by atoms with Crippen LogP contribution >= 0.6 is 11.3 Å². The van der Waals surface area contributed by atoms with Crippen LogP contribution in [0.1, 0.15) is 35.9 Å². The van der Waals surface area contributed by atoms with Gasteiger partial charge in [-0.25, -0.2) is 0 Å². The minimum absolute atomic E-state index is 0.0753. The summed E-state index contributed by atoms with van der Waals surface area (Å²) in [6, 6.07) is 4.06. The predicted molar refractivity (Wildman–Crippen MR) is 58.7 cm³/mol. The van der Waals surface area contributed by atoms with Gasteiger partial charge in [0.25, 0.3) is 0 Å². The molecule has 14 heavy (non-hydrogen) atoms. The molecule has 0 N–H and O–H groups in total. The van der Waals surface area contributed by atoms with Crippen molar-refractivity contribution in [2.45, 2.75) is 33.1 Å². The molecule has 0 amide bonds. The first-order valence-corrected chi connectivity index (χ1v) is 5.73. The van der Waals surface area contributed by atoms with E-state index < -0.39 is 0 Å². The second-order valence-corrected chi connectivity index (χ2v) is 4.48. The molecule has 0 bridgehead atoms. The summed E-state index contributed by atoms with van der Waals surface area (Å²) in [7, 11) is 0. The average Bonchev–Trinajstić information content (AvgIpc) is 2.54. The fourth-order valence-corrected chi connectivity index (χ4v) is 2.42. The van der Waals surface area contributed by atoms with Crippen LogP contribution < -0.4 is 0 Å². The van der Waals surface area contributed by atoms with Crippen LogP contribution in [0.25, 0.3) is 0 Å². The Morgan fingerprint density at radius 1 is 1.50 bits per heavy atom. The van der Waals surface area contributed by atoms with Crippen LogP contribution in [0.4, 0.5) is 0 Å². The van der Waals surface area contributed by atoms with Gasteiger partial charge in [-0.2, -0.15) is 0 Å². The third kappa shape index (κ3) is 2.58. The Kier molecular flexibility index (Phi) is 4.14. The van der Waals surface area contributed by atoms with Crippen LogP contribution in [0.3, 0.4) is 0 Å².